The van der Waals surface area contributed by atoms with Crippen LogP contribution in [0.1, 0.15) is 72.6 Å². The number of Topliss-reactive ketones (excluding diaryl/α,β-unsaturated/α-hetero) is 1. The van der Waals surface area contributed by atoms with Gasteiger partial charge in [0.05, 0.1) is 12.2 Å². The number of aliphatic hydroxyl groups excluding tert-OH is 1. The van der Waals surface area contributed by atoms with Crippen LogP contribution in [0.2, 0.25) is 5.02 Å². The summed E-state index contributed by atoms with van der Waals surface area (Å²) in [5.74, 6) is -1.42. The van der Waals surface area contributed by atoms with E-state index in [2.05, 4.69) is 17.1 Å². The maximum absolute atomic E-state index is 13.4. The summed E-state index contributed by atoms with van der Waals surface area (Å²) < 4.78 is 1.87. The van der Waals surface area contributed by atoms with Crippen LogP contribution in [0.3, 0.4) is 0 Å². The van der Waals surface area contributed by atoms with E-state index in [-0.39, 0.29) is 37.7 Å². The highest BCUT2D eigenvalue weighted by Crippen LogP contribution is 2.30. The maximum atomic E-state index is 13.4. The Morgan fingerprint density at radius 3 is 2.56 bits per heavy atom. The number of aromatic nitrogens is 2. The highest BCUT2D eigenvalue weighted by atomic mass is 35.5. The molecule has 0 unspecified atom stereocenters. The molecule has 3 aromatic rings. The SMILES string of the molecule is C[C@H](CC(=O)O)CC(=O)c1c(CCCCCCc2cccc(Cl)c2)n(CCO)c2ncc(C#N)cc12. The van der Waals surface area contributed by atoms with Crippen LogP contribution < -0.4 is 0 Å². The minimum atomic E-state index is -0.940. The van der Waals surface area contributed by atoms with E-state index in [1.165, 1.54) is 11.8 Å². The number of hydrogen-bond acceptors (Lipinski definition) is 5. The van der Waals surface area contributed by atoms with E-state index < -0.39 is 5.97 Å². The molecule has 0 saturated carbocycles. The molecule has 36 heavy (non-hydrogen) atoms. The molecule has 0 amide bonds. The quantitative estimate of drug-likeness (QED) is 0.216. The van der Waals surface area contributed by atoms with Crippen LogP contribution in [-0.4, -0.2) is 38.1 Å². The Bertz CT molecular complexity index is 1260. The number of nitriles is 1. The van der Waals surface area contributed by atoms with Gasteiger partial charge in [0.2, 0.25) is 0 Å². The normalized spacial score (nSPS) is 11.9. The lowest BCUT2D eigenvalue weighted by molar-refractivity contribution is -0.137. The number of nitrogens with zero attached hydrogens (tertiary/aromatic N) is 3. The van der Waals surface area contributed by atoms with E-state index in [0.717, 1.165) is 42.8 Å². The number of ketones is 1. The van der Waals surface area contributed by atoms with Gasteiger partial charge < -0.3 is 14.8 Å². The van der Waals surface area contributed by atoms with Crippen molar-refractivity contribution in [1.29, 1.82) is 5.26 Å². The third-order valence-electron chi connectivity index (χ3n) is 6.31. The highest BCUT2D eigenvalue weighted by molar-refractivity contribution is 6.30. The van der Waals surface area contributed by atoms with Crippen molar-refractivity contribution in [2.24, 2.45) is 5.92 Å². The number of carboxylic acid groups (broad SMARTS) is 1. The first-order valence-corrected chi connectivity index (χ1v) is 12.7. The molecule has 3 rings (SSSR count). The Kier molecular flexibility index (Phi) is 10.0. The van der Waals surface area contributed by atoms with Crippen LogP contribution in [0.15, 0.2) is 36.5 Å². The smallest absolute Gasteiger partial charge is 0.303 e. The van der Waals surface area contributed by atoms with Gasteiger partial charge in [0.1, 0.15) is 11.7 Å². The molecule has 0 saturated heterocycles. The molecule has 2 heterocycles. The van der Waals surface area contributed by atoms with Crippen LogP contribution in [0.4, 0.5) is 0 Å². The molecular formula is C28H32ClN3O4. The van der Waals surface area contributed by atoms with Crippen LogP contribution in [-0.2, 0) is 24.2 Å². The van der Waals surface area contributed by atoms with E-state index in [4.69, 9.17) is 16.7 Å². The second kappa shape index (κ2) is 13.2. The first-order chi connectivity index (χ1) is 17.3. The highest BCUT2D eigenvalue weighted by Gasteiger charge is 2.25. The Morgan fingerprint density at radius 1 is 1.14 bits per heavy atom. The predicted molar refractivity (Wildman–Crippen MR) is 139 cm³/mol. The average Bonchev–Trinajstić information content (AvgIpc) is 3.13. The van der Waals surface area contributed by atoms with Gasteiger partial charge in [-0.05, 0) is 55.4 Å². The molecule has 1 aromatic carbocycles. The van der Waals surface area contributed by atoms with Crippen LogP contribution in [0.5, 0.6) is 0 Å². The number of fused-ring (bicyclic) bond motifs is 1. The molecule has 0 aliphatic heterocycles. The number of benzene rings is 1. The molecule has 0 aliphatic carbocycles. The number of halogens is 1. The van der Waals surface area contributed by atoms with E-state index >= 15 is 0 Å². The molecule has 0 fully saturated rings. The van der Waals surface area contributed by atoms with Crippen molar-refractivity contribution in [3.05, 3.63) is 63.9 Å². The van der Waals surface area contributed by atoms with Gasteiger partial charge in [0.15, 0.2) is 5.78 Å². The van der Waals surface area contributed by atoms with Gasteiger partial charge in [-0.25, -0.2) is 4.98 Å². The van der Waals surface area contributed by atoms with Gasteiger partial charge in [-0.15, -0.1) is 0 Å². The summed E-state index contributed by atoms with van der Waals surface area (Å²) >= 11 is 6.07. The largest absolute Gasteiger partial charge is 0.481 e. The molecule has 1 atom stereocenters. The molecule has 8 heteroatoms. The fourth-order valence-corrected chi connectivity index (χ4v) is 4.92. The minimum Gasteiger partial charge on any atom is -0.481 e. The third-order valence-corrected chi connectivity index (χ3v) is 6.55. The van der Waals surface area contributed by atoms with Crippen molar-refractivity contribution in [2.45, 2.75) is 64.8 Å². The fourth-order valence-electron chi connectivity index (χ4n) is 4.70. The molecule has 0 spiro atoms. The first kappa shape index (κ1) is 27.4. The summed E-state index contributed by atoms with van der Waals surface area (Å²) in [4.78, 5) is 29.0. The Morgan fingerprint density at radius 2 is 1.89 bits per heavy atom. The van der Waals surface area contributed by atoms with Gasteiger partial charge in [-0.1, -0.05) is 43.5 Å². The van der Waals surface area contributed by atoms with Gasteiger partial charge >= 0.3 is 5.97 Å². The number of carbonyl (C=O) groups is 2. The molecular weight excluding hydrogens is 478 g/mol. The number of carboxylic acids is 1. The summed E-state index contributed by atoms with van der Waals surface area (Å²) in [6.45, 7) is 1.93. The van der Waals surface area contributed by atoms with Crippen molar-refractivity contribution in [2.75, 3.05) is 6.61 Å². The van der Waals surface area contributed by atoms with Crippen molar-refractivity contribution in [3.63, 3.8) is 0 Å². The lowest BCUT2D eigenvalue weighted by Gasteiger charge is -2.12. The molecule has 2 N–H and O–H groups in total. The minimum absolute atomic E-state index is 0.0912. The summed E-state index contributed by atoms with van der Waals surface area (Å²) in [5.41, 5.74) is 3.42. The lowest BCUT2D eigenvalue weighted by Crippen LogP contribution is -2.13. The van der Waals surface area contributed by atoms with E-state index in [0.29, 0.717) is 28.6 Å². The van der Waals surface area contributed by atoms with Gasteiger partial charge in [-0.3, -0.25) is 9.59 Å². The van der Waals surface area contributed by atoms with E-state index in [9.17, 15) is 20.0 Å². The van der Waals surface area contributed by atoms with Gasteiger partial charge in [0.25, 0.3) is 0 Å². The van der Waals surface area contributed by atoms with Crippen molar-refractivity contribution in [1.82, 2.24) is 9.55 Å². The standard InChI is InChI=1S/C28H32ClN3O4/c1-19(14-26(35)36)13-25(34)27-23-16-21(17-30)18-31-28(23)32(11-12-33)24(27)10-5-3-2-4-7-20-8-6-9-22(29)15-20/h6,8-9,15-16,18-19,33H,2-5,7,10-14H2,1H3,(H,35,36)/t19-/m0/s1. The average molecular weight is 510 g/mol. The molecule has 0 radical (unpaired) electrons. The number of rotatable bonds is 14. The van der Waals surface area contributed by atoms with Crippen LogP contribution >= 0.6 is 11.6 Å². The zero-order valence-corrected chi connectivity index (χ0v) is 21.3. The number of aryl methyl sites for hydroxylation is 1. The predicted octanol–water partition coefficient (Wildman–Crippen LogP) is 5.58. The first-order valence-electron chi connectivity index (χ1n) is 12.4. The number of pyridine rings is 1. The number of aliphatic hydroxyl groups is 1. The van der Waals surface area contributed by atoms with Crippen molar-refractivity contribution in [3.8, 4) is 6.07 Å². The topological polar surface area (TPSA) is 116 Å². The third kappa shape index (κ3) is 7.16. The summed E-state index contributed by atoms with van der Waals surface area (Å²) in [6, 6.07) is 11.6. The summed E-state index contributed by atoms with van der Waals surface area (Å²) in [6.07, 6.45) is 6.94. The Labute approximate surface area is 216 Å². The Hall–Kier alpha value is -3.21. The van der Waals surface area contributed by atoms with Gasteiger partial charge in [0, 0.05) is 47.2 Å². The number of aliphatic carboxylic acids is 1. The fraction of sp³-hybridized carbons (Fsp3) is 0.429. The van der Waals surface area contributed by atoms with Crippen LogP contribution in [0, 0.1) is 17.2 Å². The second-order valence-electron chi connectivity index (χ2n) is 9.28. The monoisotopic (exact) mass is 509 g/mol. The Balaban J connectivity index is 1.79. The van der Waals surface area contributed by atoms with Crippen LogP contribution in [0.25, 0.3) is 11.0 Å². The lowest BCUT2D eigenvalue weighted by atomic mass is 9.94. The van der Waals surface area contributed by atoms with Crippen molar-refractivity contribution >= 4 is 34.4 Å². The van der Waals surface area contributed by atoms with E-state index in [1.807, 2.05) is 22.8 Å². The summed E-state index contributed by atoms with van der Waals surface area (Å²) in [5, 5.41) is 29.5. The molecule has 2 aromatic heterocycles. The van der Waals surface area contributed by atoms with Crippen molar-refractivity contribution < 1.29 is 19.8 Å². The molecule has 190 valence electrons. The zero-order chi connectivity index (χ0) is 26.1. The summed E-state index contributed by atoms with van der Waals surface area (Å²) in [7, 11) is 0. The number of carbonyl (C=O) groups excluding carboxylic acids is 1. The van der Waals surface area contributed by atoms with E-state index in [1.54, 1.807) is 13.0 Å². The number of unbranched alkanes of at least 4 members (excludes halogenated alkanes) is 3. The molecule has 0 aliphatic rings. The maximum Gasteiger partial charge on any atom is 0.303 e. The number of hydrogen-bond donors (Lipinski definition) is 2. The van der Waals surface area contributed by atoms with Gasteiger partial charge in [-0.2, -0.15) is 5.26 Å². The molecule has 7 nitrogen and oxygen atoms in total. The molecule has 0 bridgehead atoms. The second-order valence-corrected chi connectivity index (χ2v) is 9.71. The zero-order valence-electron chi connectivity index (χ0n) is 20.5.